The monoisotopic (exact) mass is 424 g/mol. The first-order valence-corrected chi connectivity index (χ1v) is 11.7. The van der Waals surface area contributed by atoms with Crippen LogP contribution in [-0.2, 0) is 11.3 Å². The number of ether oxygens (including phenoxy) is 1. The summed E-state index contributed by atoms with van der Waals surface area (Å²) in [6, 6.07) is 10.5. The summed E-state index contributed by atoms with van der Waals surface area (Å²) < 4.78 is 11.5. The minimum atomic E-state index is 0.0900. The van der Waals surface area contributed by atoms with Crippen LogP contribution < -0.4 is 0 Å². The molecular weight excluding hydrogens is 388 g/mol. The summed E-state index contributed by atoms with van der Waals surface area (Å²) in [6.45, 7) is 11.5. The summed E-state index contributed by atoms with van der Waals surface area (Å²) in [5.74, 6) is 2.13. The predicted octanol–water partition coefficient (Wildman–Crippen LogP) is 4.74. The maximum Gasteiger partial charge on any atom is 0.257 e. The van der Waals surface area contributed by atoms with Crippen LogP contribution in [0, 0.1) is 26.7 Å². The molecule has 2 aliphatic heterocycles. The molecule has 0 spiro atoms. The molecule has 168 valence electrons. The lowest BCUT2D eigenvalue weighted by Crippen LogP contribution is -2.43. The fraction of sp³-hybridized carbons (Fsp3) is 0.577. The molecule has 0 bridgehead atoms. The van der Waals surface area contributed by atoms with Crippen molar-refractivity contribution < 1.29 is 13.9 Å². The number of hydrogen-bond acceptors (Lipinski definition) is 4. The van der Waals surface area contributed by atoms with E-state index in [9.17, 15) is 4.79 Å². The van der Waals surface area contributed by atoms with E-state index in [1.54, 1.807) is 0 Å². The van der Waals surface area contributed by atoms with Gasteiger partial charge in [-0.2, -0.15) is 0 Å². The molecule has 0 N–H and O–H groups in total. The first-order chi connectivity index (χ1) is 15.0. The van der Waals surface area contributed by atoms with Crippen LogP contribution >= 0.6 is 0 Å². The molecule has 31 heavy (non-hydrogen) atoms. The second kappa shape index (κ2) is 10.0. The van der Waals surface area contributed by atoms with Crippen LogP contribution in [0.2, 0.25) is 0 Å². The Labute approximate surface area is 186 Å². The van der Waals surface area contributed by atoms with Gasteiger partial charge in [0.15, 0.2) is 0 Å². The third-order valence-corrected chi connectivity index (χ3v) is 6.85. The van der Waals surface area contributed by atoms with Gasteiger partial charge in [0.1, 0.15) is 11.5 Å². The number of carbonyl (C=O) groups excluding carboxylic acids is 1. The lowest BCUT2D eigenvalue weighted by Gasteiger charge is -2.35. The van der Waals surface area contributed by atoms with Gasteiger partial charge >= 0.3 is 0 Å². The molecule has 5 nitrogen and oxygen atoms in total. The molecule has 2 aromatic rings. The number of benzene rings is 1. The number of aryl methyl sites for hydroxylation is 3. The van der Waals surface area contributed by atoms with E-state index in [1.807, 2.05) is 24.8 Å². The largest absolute Gasteiger partial charge is 0.466 e. The molecule has 5 heteroatoms. The number of rotatable bonds is 7. The van der Waals surface area contributed by atoms with E-state index in [0.29, 0.717) is 23.8 Å². The summed E-state index contributed by atoms with van der Waals surface area (Å²) in [5, 5.41) is 0. The van der Waals surface area contributed by atoms with Crippen molar-refractivity contribution >= 4 is 5.91 Å². The Morgan fingerprint density at radius 1 is 1.10 bits per heavy atom. The van der Waals surface area contributed by atoms with E-state index in [-0.39, 0.29) is 12.0 Å². The SMILES string of the molecule is Cc1cc(C(=O)N(CC2CCN(Cc3ccccc3C)CC2)CC2CCCO2)c(C)o1. The minimum absolute atomic E-state index is 0.0900. The number of hydrogen-bond donors (Lipinski definition) is 0. The van der Waals surface area contributed by atoms with Crippen LogP contribution in [-0.4, -0.2) is 54.6 Å². The van der Waals surface area contributed by atoms with E-state index >= 15 is 0 Å². The third kappa shape index (κ3) is 5.58. The zero-order chi connectivity index (χ0) is 21.8. The number of amides is 1. The zero-order valence-corrected chi connectivity index (χ0v) is 19.2. The molecule has 4 rings (SSSR count). The number of nitrogens with zero attached hydrogens (tertiary/aromatic N) is 2. The molecule has 0 aliphatic carbocycles. The fourth-order valence-electron chi connectivity index (χ4n) is 4.96. The Bertz CT molecular complexity index is 877. The van der Waals surface area contributed by atoms with Crippen LogP contribution in [0.1, 0.15) is 58.7 Å². The number of furan rings is 1. The Morgan fingerprint density at radius 3 is 2.52 bits per heavy atom. The normalized spacial score (nSPS) is 20.3. The number of carbonyl (C=O) groups is 1. The standard InChI is InChI=1S/C26H36N2O3/c1-19-7-4-5-8-23(19)17-27-12-10-22(11-13-27)16-28(18-24-9-6-14-30-24)26(29)25-15-20(2)31-21(25)3/h4-5,7-8,15,22,24H,6,9-14,16-18H2,1-3H3. The van der Waals surface area contributed by atoms with Gasteiger partial charge in [-0.25, -0.2) is 0 Å². The molecule has 1 amide bonds. The van der Waals surface area contributed by atoms with Gasteiger partial charge in [0, 0.05) is 26.2 Å². The predicted molar refractivity (Wildman–Crippen MR) is 122 cm³/mol. The van der Waals surface area contributed by atoms with Gasteiger partial charge < -0.3 is 14.1 Å². The first-order valence-electron chi connectivity index (χ1n) is 11.7. The van der Waals surface area contributed by atoms with E-state index in [2.05, 4.69) is 36.1 Å². The molecule has 1 aromatic heterocycles. The van der Waals surface area contributed by atoms with E-state index < -0.39 is 0 Å². The first kappa shape index (κ1) is 22.1. The topological polar surface area (TPSA) is 45.9 Å². The molecule has 0 radical (unpaired) electrons. The molecule has 1 aromatic carbocycles. The van der Waals surface area contributed by atoms with Crippen molar-refractivity contribution in [3.05, 3.63) is 58.5 Å². The highest BCUT2D eigenvalue weighted by atomic mass is 16.5. The molecule has 1 atom stereocenters. The summed E-state index contributed by atoms with van der Waals surface area (Å²) in [5.41, 5.74) is 3.48. The van der Waals surface area contributed by atoms with Gasteiger partial charge in [0.25, 0.3) is 5.91 Å². The fourth-order valence-corrected chi connectivity index (χ4v) is 4.96. The molecule has 0 saturated carbocycles. The Balaban J connectivity index is 1.37. The van der Waals surface area contributed by atoms with Gasteiger partial charge in [0.2, 0.25) is 0 Å². The highest BCUT2D eigenvalue weighted by molar-refractivity contribution is 5.95. The van der Waals surface area contributed by atoms with Crippen LogP contribution in [0.4, 0.5) is 0 Å². The van der Waals surface area contributed by atoms with Crippen LogP contribution in [0.5, 0.6) is 0 Å². The average Bonchev–Trinajstić information content (AvgIpc) is 3.39. The molecule has 2 fully saturated rings. The molecule has 2 aliphatic rings. The lowest BCUT2D eigenvalue weighted by molar-refractivity contribution is 0.0443. The second-order valence-corrected chi connectivity index (χ2v) is 9.32. The average molecular weight is 425 g/mol. The van der Waals surface area contributed by atoms with Crippen LogP contribution in [0.15, 0.2) is 34.7 Å². The summed E-state index contributed by atoms with van der Waals surface area (Å²) in [4.78, 5) is 18.0. The maximum atomic E-state index is 13.4. The Kier molecular flexibility index (Phi) is 7.13. The zero-order valence-electron chi connectivity index (χ0n) is 19.2. The van der Waals surface area contributed by atoms with Crippen LogP contribution in [0.3, 0.4) is 0 Å². The number of likely N-dealkylation sites (tertiary alicyclic amines) is 1. The summed E-state index contributed by atoms with van der Waals surface area (Å²) in [7, 11) is 0. The van der Waals surface area contributed by atoms with Gasteiger partial charge in [0.05, 0.1) is 11.7 Å². The van der Waals surface area contributed by atoms with Crippen molar-refractivity contribution in [3.8, 4) is 0 Å². The molecule has 2 saturated heterocycles. The highest BCUT2D eigenvalue weighted by Gasteiger charge is 2.29. The molecule has 1 unspecified atom stereocenters. The quantitative estimate of drug-likeness (QED) is 0.644. The third-order valence-electron chi connectivity index (χ3n) is 6.85. The Hall–Kier alpha value is -2.11. The minimum Gasteiger partial charge on any atom is -0.466 e. The lowest BCUT2D eigenvalue weighted by atomic mass is 9.95. The second-order valence-electron chi connectivity index (χ2n) is 9.32. The van der Waals surface area contributed by atoms with E-state index in [1.165, 1.54) is 11.1 Å². The van der Waals surface area contributed by atoms with Crippen molar-refractivity contribution in [1.29, 1.82) is 0 Å². The van der Waals surface area contributed by atoms with Gasteiger partial charge in [-0.1, -0.05) is 24.3 Å². The maximum absolute atomic E-state index is 13.4. The van der Waals surface area contributed by atoms with E-state index in [0.717, 1.165) is 64.2 Å². The van der Waals surface area contributed by atoms with Crippen molar-refractivity contribution in [2.75, 3.05) is 32.8 Å². The van der Waals surface area contributed by atoms with Gasteiger partial charge in [-0.05, 0) is 82.7 Å². The summed E-state index contributed by atoms with van der Waals surface area (Å²) >= 11 is 0. The molecular formula is C26H36N2O3. The van der Waals surface area contributed by atoms with Gasteiger partial charge in [-0.15, -0.1) is 0 Å². The Morgan fingerprint density at radius 2 is 1.87 bits per heavy atom. The van der Waals surface area contributed by atoms with Gasteiger partial charge in [-0.3, -0.25) is 9.69 Å². The van der Waals surface area contributed by atoms with Crippen LogP contribution in [0.25, 0.3) is 0 Å². The highest BCUT2D eigenvalue weighted by Crippen LogP contribution is 2.24. The van der Waals surface area contributed by atoms with Crippen molar-refractivity contribution in [2.45, 2.75) is 59.1 Å². The number of piperidine rings is 1. The van der Waals surface area contributed by atoms with Crippen molar-refractivity contribution in [3.63, 3.8) is 0 Å². The molecule has 3 heterocycles. The summed E-state index contributed by atoms with van der Waals surface area (Å²) in [6.07, 6.45) is 4.56. The van der Waals surface area contributed by atoms with Crippen molar-refractivity contribution in [2.24, 2.45) is 5.92 Å². The van der Waals surface area contributed by atoms with Crippen molar-refractivity contribution in [1.82, 2.24) is 9.80 Å². The van der Waals surface area contributed by atoms with E-state index in [4.69, 9.17) is 9.15 Å². The smallest absolute Gasteiger partial charge is 0.257 e.